The zero-order valence-corrected chi connectivity index (χ0v) is 17.0. The first kappa shape index (κ1) is 23.9. The minimum absolute atomic E-state index is 0.0228. The molecule has 0 saturated carbocycles. The van der Waals surface area contributed by atoms with Crippen molar-refractivity contribution < 1.29 is 32.3 Å². The zero-order chi connectivity index (χ0) is 24.2. The van der Waals surface area contributed by atoms with E-state index < -0.39 is 23.5 Å². The van der Waals surface area contributed by atoms with Gasteiger partial charge in [0, 0.05) is 24.0 Å². The molecule has 11 heteroatoms. The van der Waals surface area contributed by atoms with Gasteiger partial charge in [-0.3, -0.25) is 9.59 Å². The Hall–Kier alpha value is -3.73. The lowest BCUT2D eigenvalue weighted by Gasteiger charge is -2.27. The highest BCUT2D eigenvalue weighted by molar-refractivity contribution is 6.05. The number of aromatic nitrogens is 1. The molecule has 1 amide bonds. The smallest absolute Gasteiger partial charge is 0.475 e. The fraction of sp³-hybridized carbons (Fsp3) is 0.227. The lowest BCUT2D eigenvalue weighted by Crippen LogP contribution is -2.39. The molecule has 0 saturated heterocycles. The average molecular weight is 465 g/mol. The molecule has 0 radical (unpaired) electrons. The number of fused-ring (bicyclic) bond motifs is 2. The molecule has 4 N–H and O–H groups in total. The van der Waals surface area contributed by atoms with Gasteiger partial charge in [0.15, 0.2) is 0 Å². The summed E-state index contributed by atoms with van der Waals surface area (Å²) in [7, 11) is 0. The fourth-order valence-corrected chi connectivity index (χ4v) is 3.49. The van der Waals surface area contributed by atoms with Gasteiger partial charge in [0.25, 0.3) is 5.91 Å². The molecule has 1 aliphatic heterocycles. The fourth-order valence-electron chi connectivity index (χ4n) is 3.49. The minimum atomic E-state index is -5.08. The number of carboxylic acids is 1. The highest BCUT2D eigenvalue weighted by atomic mass is 19.4. The van der Waals surface area contributed by atoms with Crippen molar-refractivity contribution in [3.8, 4) is 0 Å². The van der Waals surface area contributed by atoms with Crippen molar-refractivity contribution in [3.63, 3.8) is 0 Å². The van der Waals surface area contributed by atoms with Gasteiger partial charge in [-0.05, 0) is 42.3 Å². The first-order valence-electron chi connectivity index (χ1n) is 9.78. The highest BCUT2D eigenvalue weighted by Crippen LogP contribution is 2.22. The maximum absolute atomic E-state index is 13.4. The van der Waals surface area contributed by atoms with Crippen molar-refractivity contribution in [2.45, 2.75) is 18.6 Å². The van der Waals surface area contributed by atoms with Crippen LogP contribution in [0.25, 0.3) is 10.9 Å². The molecule has 0 fully saturated rings. The van der Waals surface area contributed by atoms with Crippen LogP contribution in [0.1, 0.15) is 27.5 Å². The number of amides is 1. The molecular weight excluding hydrogens is 446 g/mol. The number of H-pyrrole nitrogens is 1. The molecule has 2 heterocycles. The van der Waals surface area contributed by atoms with Crippen molar-refractivity contribution in [3.05, 3.63) is 81.4 Å². The summed E-state index contributed by atoms with van der Waals surface area (Å²) < 4.78 is 45.1. The van der Waals surface area contributed by atoms with E-state index in [9.17, 15) is 27.2 Å². The summed E-state index contributed by atoms with van der Waals surface area (Å²) in [5.74, 6) is -3.57. The second-order valence-corrected chi connectivity index (χ2v) is 7.21. The van der Waals surface area contributed by atoms with Crippen LogP contribution in [-0.4, -0.2) is 41.2 Å². The summed E-state index contributed by atoms with van der Waals surface area (Å²) in [6, 6.07) is 13.4. The number of pyridine rings is 1. The van der Waals surface area contributed by atoms with Gasteiger partial charge in [-0.1, -0.05) is 24.3 Å². The minimum Gasteiger partial charge on any atom is -0.475 e. The molecule has 1 unspecified atom stereocenters. The van der Waals surface area contributed by atoms with Gasteiger partial charge in [-0.25, -0.2) is 9.18 Å². The van der Waals surface area contributed by atoms with Gasteiger partial charge < -0.3 is 20.7 Å². The Kier molecular flexibility index (Phi) is 7.12. The van der Waals surface area contributed by atoms with Crippen molar-refractivity contribution in [1.82, 2.24) is 15.6 Å². The number of aromatic amines is 1. The Bertz CT molecular complexity index is 1240. The number of aliphatic carboxylic acids is 1. The number of halogens is 4. The Labute approximate surface area is 184 Å². The van der Waals surface area contributed by atoms with E-state index in [1.165, 1.54) is 35.4 Å². The lowest BCUT2D eigenvalue weighted by molar-refractivity contribution is -0.192. The van der Waals surface area contributed by atoms with Gasteiger partial charge >= 0.3 is 12.1 Å². The number of hydrogen-bond acceptors (Lipinski definition) is 4. The number of carbonyl (C=O) groups excluding carboxylic acids is 1. The SMILES string of the molecule is O=C(NCC1NCCc2ccccc21)c1cc(=O)[nH]c2cc(F)ccc12.O=C(O)C(F)(F)F. The molecule has 1 atom stereocenters. The first-order chi connectivity index (χ1) is 15.6. The first-order valence-corrected chi connectivity index (χ1v) is 9.78. The maximum Gasteiger partial charge on any atom is 0.490 e. The third-order valence-corrected chi connectivity index (χ3v) is 4.97. The summed E-state index contributed by atoms with van der Waals surface area (Å²) in [6.07, 6.45) is -4.12. The second-order valence-electron chi connectivity index (χ2n) is 7.21. The Balaban J connectivity index is 0.000000383. The molecule has 0 aliphatic carbocycles. The van der Waals surface area contributed by atoms with E-state index in [1.807, 2.05) is 12.1 Å². The number of hydrogen-bond donors (Lipinski definition) is 4. The average Bonchev–Trinajstić information content (AvgIpc) is 2.76. The van der Waals surface area contributed by atoms with E-state index in [0.29, 0.717) is 17.4 Å². The summed E-state index contributed by atoms with van der Waals surface area (Å²) >= 11 is 0. The molecule has 2 aromatic carbocycles. The molecule has 1 aliphatic rings. The van der Waals surface area contributed by atoms with Crippen LogP contribution in [0.5, 0.6) is 0 Å². The van der Waals surface area contributed by atoms with Crippen LogP contribution in [0.3, 0.4) is 0 Å². The Morgan fingerprint density at radius 3 is 2.52 bits per heavy atom. The van der Waals surface area contributed by atoms with Gasteiger partial charge in [0.05, 0.1) is 11.1 Å². The molecule has 174 valence electrons. The standard InChI is InChI=1S/C20H18FN3O2.C2HF3O2/c21-13-5-6-15-16(10-19(25)24-17(15)9-13)20(26)23-11-18-14-4-2-1-3-12(14)7-8-22-18;3-2(4,5)1(6)7/h1-6,9-10,18,22H,7-8,11H2,(H,23,26)(H,24,25);(H,6,7). The van der Waals surface area contributed by atoms with Gasteiger partial charge in [-0.2, -0.15) is 13.2 Å². The molecule has 1 aromatic heterocycles. The van der Waals surface area contributed by atoms with Crippen LogP contribution in [0.15, 0.2) is 53.3 Å². The lowest BCUT2D eigenvalue weighted by atomic mass is 9.94. The number of carboxylic acid groups (broad SMARTS) is 1. The van der Waals surface area contributed by atoms with Gasteiger partial charge in [-0.15, -0.1) is 0 Å². The predicted octanol–water partition coefficient (Wildman–Crippen LogP) is 2.92. The van der Waals surface area contributed by atoms with Crippen LogP contribution in [0.2, 0.25) is 0 Å². The van der Waals surface area contributed by atoms with E-state index in [0.717, 1.165) is 13.0 Å². The number of carbonyl (C=O) groups is 2. The van der Waals surface area contributed by atoms with Crippen molar-refractivity contribution in [2.75, 3.05) is 13.1 Å². The maximum atomic E-state index is 13.4. The normalized spacial score (nSPS) is 15.2. The number of nitrogens with one attached hydrogen (secondary N) is 3. The largest absolute Gasteiger partial charge is 0.490 e. The van der Waals surface area contributed by atoms with Crippen LogP contribution in [-0.2, 0) is 11.2 Å². The summed E-state index contributed by atoms with van der Waals surface area (Å²) in [4.78, 5) is 35.9. The molecule has 0 spiro atoms. The van der Waals surface area contributed by atoms with E-state index >= 15 is 0 Å². The summed E-state index contributed by atoms with van der Waals surface area (Å²) in [5.41, 5.74) is 2.57. The molecule has 7 nitrogen and oxygen atoms in total. The Morgan fingerprint density at radius 1 is 1.12 bits per heavy atom. The van der Waals surface area contributed by atoms with E-state index in [-0.39, 0.29) is 17.5 Å². The van der Waals surface area contributed by atoms with Gasteiger partial charge in [0.1, 0.15) is 5.82 Å². The van der Waals surface area contributed by atoms with Crippen LogP contribution in [0.4, 0.5) is 17.6 Å². The number of rotatable bonds is 3. The third kappa shape index (κ3) is 5.95. The second kappa shape index (κ2) is 9.82. The third-order valence-electron chi connectivity index (χ3n) is 4.97. The Morgan fingerprint density at radius 2 is 1.82 bits per heavy atom. The van der Waals surface area contributed by atoms with E-state index in [4.69, 9.17) is 9.90 Å². The quantitative estimate of drug-likeness (QED) is 0.445. The van der Waals surface area contributed by atoms with E-state index in [1.54, 1.807) is 0 Å². The van der Waals surface area contributed by atoms with Crippen molar-refractivity contribution in [2.24, 2.45) is 0 Å². The predicted molar refractivity (Wildman–Crippen MR) is 111 cm³/mol. The van der Waals surface area contributed by atoms with Crippen molar-refractivity contribution in [1.29, 1.82) is 0 Å². The molecule has 4 rings (SSSR count). The monoisotopic (exact) mass is 465 g/mol. The van der Waals surface area contributed by atoms with Crippen LogP contribution < -0.4 is 16.2 Å². The topological polar surface area (TPSA) is 111 Å². The van der Waals surface area contributed by atoms with Crippen molar-refractivity contribution >= 4 is 22.8 Å². The number of benzene rings is 2. The zero-order valence-electron chi connectivity index (χ0n) is 17.0. The van der Waals surface area contributed by atoms with Crippen LogP contribution in [0, 0.1) is 5.82 Å². The van der Waals surface area contributed by atoms with Gasteiger partial charge in [0.2, 0.25) is 5.56 Å². The van der Waals surface area contributed by atoms with E-state index in [2.05, 4.69) is 27.8 Å². The van der Waals surface area contributed by atoms with Crippen LogP contribution >= 0.6 is 0 Å². The molecule has 0 bridgehead atoms. The summed E-state index contributed by atoms with van der Waals surface area (Å²) in [5, 5.41) is 13.9. The highest BCUT2D eigenvalue weighted by Gasteiger charge is 2.38. The number of alkyl halides is 3. The molecule has 33 heavy (non-hydrogen) atoms. The summed E-state index contributed by atoms with van der Waals surface area (Å²) in [6.45, 7) is 1.26. The molecular formula is C22H19F4N3O4. The molecule has 3 aromatic rings.